The molecule has 0 heterocycles. The van der Waals surface area contributed by atoms with Gasteiger partial charge in [-0.15, -0.1) is 0 Å². The molecule has 0 spiro atoms. The molecule has 0 aliphatic heterocycles. The predicted octanol–water partition coefficient (Wildman–Crippen LogP) is 8.36. The molecular formula is C31H48Cl2N2O2. The Labute approximate surface area is 236 Å². The highest BCUT2D eigenvalue weighted by Gasteiger charge is 2.12. The van der Waals surface area contributed by atoms with Crippen LogP contribution in [0.1, 0.15) is 78.4 Å². The highest BCUT2D eigenvalue weighted by molar-refractivity contribution is 6.32. The van der Waals surface area contributed by atoms with Gasteiger partial charge in [0, 0.05) is 0 Å². The first-order chi connectivity index (χ1) is 17.8. The Balaban J connectivity index is 1.86. The summed E-state index contributed by atoms with van der Waals surface area (Å²) in [6, 6.07) is 12.1. The second-order valence-electron chi connectivity index (χ2n) is 9.90. The van der Waals surface area contributed by atoms with Gasteiger partial charge in [-0.3, -0.25) is 0 Å². The van der Waals surface area contributed by atoms with Gasteiger partial charge < -0.3 is 19.3 Å². The Morgan fingerprint density at radius 3 is 1.35 bits per heavy atom. The van der Waals surface area contributed by atoms with Gasteiger partial charge in [-0.1, -0.05) is 63.0 Å². The minimum absolute atomic E-state index is 0.130. The molecule has 2 unspecified atom stereocenters. The number of rotatable bonds is 18. The van der Waals surface area contributed by atoms with E-state index in [2.05, 4.69) is 63.5 Å². The van der Waals surface area contributed by atoms with Crippen molar-refractivity contribution in [3.63, 3.8) is 0 Å². The Kier molecular flexibility index (Phi) is 14.8. The first-order valence-electron chi connectivity index (χ1n) is 14.1. The van der Waals surface area contributed by atoms with Crippen molar-refractivity contribution < 1.29 is 9.47 Å². The number of hydrogen-bond acceptors (Lipinski definition) is 4. The van der Waals surface area contributed by atoms with Crippen LogP contribution in [-0.2, 0) is 6.42 Å². The number of benzene rings is 2. The van der Waals surface area contributed by atoms with E-state index in [0.717, 1.165) is 94.0 Å². The van der Waals surface area contributed by atoms with Crippen LogP contribution in [0.5, 0.6) is 11.5 Å². The largest absolute Gasteiger partial charge is 0.489 e. The first kappa shape index (κ1) is 31.8. The zero-order valence-electron chi connectivity index (χ0n) is 23.9. The van der Waals surface area contributed by atoms with E-state index in [0.29, 0.717) is 10.0 Å². The van der Waals surface area contributed by atoms with Crippen LogP contribution in [0.15, 0.2) is 36.4 Å². The van der Waals surface area contributed by atoms with Crippen LogP contribution in [-0.4, -0.2) is 61.3 Å². The second-order valence-corrected chi connectivity index (χ2v) is 10.7. The standard InChI is InChI=1S/C31H48Cl2N2O2/c1-7-34(8-2)19-11-13-24(5)36-30-17-15-26(22-28(30)32)21-27-16-18-31(29(33)23-27)37-25(6)14-12-20-35(9-3)10-4/h15-18,22-25H,7-14,19-21H2,1-6H3. The molecule has 0 radical (unpaired) electrons. The lowest BCUT2D eigenvalue weighted by molar-refractivity contribution is 0.196. The van der Waals surface area contributed by atoms with Crippen molar-refractivity contribution in [3.05, 3.63) is 57.6 Å². The van der Waals surface area contributed by atoms with Crippen molar-refractivity contribution in [2.75, 3.05) is 39.3 Å². The monoisotopic (exact) mass is 550 g/mol. The third kappa shape index (κ3) is 11.4. The zero-order chi connectivity index (χ0) is 27.2. The van der Waals surface area contributed by atoms with Gasteiger partial charge in [0.15, 0.2) is 0 Å². The molecule has 0 aromatic heterocycles. The highest BCUT2D eigenvalue weighted by Crippen LogP contribution is 2.31. The second kappa shape index (κ2) is 17.2. The molecule has 0 aliphatic rings. The Morgan fingerprint density at radius 2 is 1.03 bits per heavy atom. The number of nitrogens with zero attached hydrogens (tertiary/aromatic N) is 2. The molecule has 37 heavy (non-hydrogen) atoms. The van der Waals surface area contributed by atoms with E-state index in [1.165, 1.54) is 0 Å². The van der Waals surface area contributed by atoms with Gasteiger partial charge in [0.2, 0.25) is 0 Å². The number of hydrogen-bond donors (Lipinski definition) is 0. The predicted molar refractivity (Wildman–Crippen MR) is 160 cm³/mol. The smallest absolute Gasteiger partial charge is 0.138 e. The Bertz CT molecular complexity index is 843. The summed E-state index contributed by atoms with van der Waals surface area (Å²) in [5.41, 5.74) is 2.25. The molecular weight excluding hydrogens is 503 g/mol. The van der Waals surface area contributed by atoms with E-state index >= 15 is 0 Å². The van der Waals surface area contributed by atoms with Crippen molar-refractivity contribution >= 4 is 23.2 Å². The maximum atomic E-state index is 6.58. The maximum absolute atomic E-state index is 6.58. The van der Waals surface area contributed by atoms with Crippen molar-refractivity contribution in [1.82, 2.24) is 9.80 Å². The molecule has 0 aliphatic carbocycles. The Morgan fingerprint density at radius 1 is 0.649 bits per heavy atom. The Hall–Kier alpha value is -1.46. The quantitative estimate of drug-likeness (QED) is 0.186. The van der Waals surface area contributed by atoms with Crippen LogP contribution in [0.25, 0.3) is 0 Å². The molecule has 0 saturated heterocycles. The lowest BCUT2D eigenvalue weighted by Gasteiger charge is -2.20. The van der Waals surface area contributed by atoms with Gasteiger partial charge in [-0.2, -0.15) is 0 Å². The minimum Gasteiger partial charge on any atom is -0.489 e. The molecule has 2 aromatic carbocycles. The third-order valence-electron chi connectivity index (χ3n) is 7.02. The van der Waals surface area contributed by atoms with Crippen LogP contribution in [0.2, 0.25) is 10.0 Å². The van der Waals surface area contributed by atoms with E-state index in [9.17, 15) is 0 Å². The fourth-order valence-corrected chi connectivity index (χ4v) is 5.07. The van der Waals surface area contributed by atoms with E-state index in [4.69, 9.17) is 32.7 Å². The van der Waals surface area contributed by atoms with Crippen molar-refractivity contribution in [2.45, 2.75) is 85.9 Å². The van der Waals surface area contributed by atoms with Crippen LogP contribution >= 0.6 is 23.2 Å². The summed E-state index contributed by atoms with van der Waals surface area (Å²) >= 11 is 13.2. The van der Waals surface area contributed by atoms with Crippen molar-refractivity contribution in [1.29, 1.82) is 0 Å². The lowest BCUT2D eigenvalue weighted by atomic mass is 10.0. The summed E-state index contributed by atoms with van der Waals surface area (Å²) in [5, 5.41) is 1.30. The third-order valence-corrected chi connectivity index (χ3v) is 7.61. The molecule has 2 rings (SSSR count). The average Bonchev–Trinajstić information content (AvgIpc) is 2.88. The molecule has 2 aromatic rings. The zero-order valence-corrected chi connectivity index (χ0v) is 25.4. The molecule has 4 nitrogen and oxygen atoms in total. The summed E-state index contributed by atoms with van der Waals surface area (Å²) < 4.78 is 12.3. The molecule has 0 N–H and O–H groups in total. The molecule has 6 heteroatoms. The van der Waals surface area contributed by atoms with Gasteiger partial charge in [0.25, 0.3) is 0 Å². The summed E-state index contributed by atoms with van der Waals surface area (Å²) in [4.78, 5) is 4.88. The van der Waals surface area contributed by atoms with Gasteiger partial charge in [0.1, 0.15) is 11.5 Å². The lowest BCUT2D eigenvalue weighted by Crippen LogP contribution is -2.25. The molecule has 0 amide bonds. The van der Waals surface area contributed by atoms with Crippen LogP contribution in [0.4, 0.5) is 0 Å². The van der Waals surface area contributed by atoms with Crippen LogP contribution in [0.3, 0.4) is 0 Å². The molecule has 0 saturated carbocycles. The number of halogens is 2. The van der Waals surface area contributed by atoms with E-state index < -0.39 is 0 Å². The molecule has 208 valence electrons. The topological polar surface area (TPSA) is 24.9 Å². The van der Waals surface area contributed by atoms with Gasteiger partial charge in [0.05, 0.1) is 22.3 Å². The molecule has 0 fully saturated rings. The fourth-order valence-electron chi connectivity index (χ4n) is 4.57. The summed E-state index contributed by atoms with van der Waals surface area (Å²) in [6.45, 7) is 19.6. The van der Waals surface area contributed by atoms with Crippen LogP contribution in [0, 0.1) is 0 Å². The van der Waals surface area contributed by atoms with E-state index in [-0.39, 0.29) is 12.2 Å². The fraction of sp³-hybridized carbons (Fsp3) is 0.613. The van der Waals surface area contributed by atoms with Crippen molar-refractivity contribution in [2.24, 2.45) is 0 Å². The summed E-state index contributed by atoms with van der Waals surface area (Å²) in [6.07, 6.45) is 5.27. The van der Waals surface area contributed by atoms with E-state index in [1.54, 1.807) is 0 Å². The van der Waals surface area contributed by atoms with Gasteiger partial charge in [-0.25, -0.2) is 0 Å². The highest BCUT2D eigenvalue weighted by atomic mass is 35.5. The normalized spacial score (nSPS) is 13.2. The van der Waals surface area contributed by atoms with Gasteiger partial charge in [-0.05, 0) is 121 Å². The van der Waals surface area contributed by atoms with Gasteiger partial charge >= 0.3 is 0 Å². The van der Waals surface area contributed by atoms with Crippen molar-refractivity contribution in [3.8, 4) is 11.5 Å². The average molecular weight is 552 g/mol. The summed E-state index contributed by atoms with van der Waals surface area (Å²) in [5.74, 6) is 1.50. The SMILES string of the molecule is CCN(CC)CCCC(C)Oc1ccc(Cc2ccc(OC(C)CCCN(CC)CC)c(Cl)c2)cc1Cl. The minimum atomic E-state index is 0.130. The molecule has 0 bridgehead atoms. The van der Waals surface area contributed by atoms with E-state index in [1.807, 2.05) is 24.3 Å². The first-order valence-corrected chi connectivity index (χ1v) is 14.9. The summed E-state index contributed by atoms with van der Waals surface area (Å²) in [7, 11) is 0. The molecule has 2 atom stereocenters. The maximum Gasteiger partial charge on any atom is 0.138 e. The number of ether oxygens (including phenoxy) is 2. The van der Waals surface area contributed by atoms with Crippen LogP contribution < -0.4 is 9.47 Å².